The van der Waals surface area contributed by atoms with Gasteiger partial charge in [-0.05, 0) is 24.6 Å². The monoisotopic (exact) mass is 341 g/mol. The molecule has 2 aromatic rings. The Hall–Kier alpha value is -1.51. The van der Waals surface area contributed by atoms with E-state index in [4.69, 9.17) is 4.74 Å². The van der Waals surface area contributed by atoms with Crippen LogP contribution in [-0.2, 0) is 16.6 Å². The third kappa shape index (κ3) is 3.82. The first-order chi connectivity index (χ1) is 10.3. The normalized spacial score (nSPS) is 11.9. The maximum atomic E-state index is 12.4. The molecule has 0 spiro atoms. The highest BCUT2D eigenvalue weighted by atomic mass is 32.2. The molecule has 2 rings (SSSR count). The number of rotatable bonds is 6. The van der Waals surface area contributed by atoms with Crippen molar-refractivity contribution in [3.05, 3.63) is 33.8 Å². The number of methoxy groups -OCH3 is 1. The lowest BCUT2D eigenvalue weighted by molar-refractivity contribution is 0.402. The number of ether oxygens (including phenoxy) is 1. The van der Waals surface area contributed by atoms with Crippen molar-refractivity contribution in [1.82, 2.24) is 14.9 Å². The van der Waals surface area contributed by atoms with Gasteiger partial charge in [0.05, 0.1) is 13.7 Å². The molecule has 8 heteroatoms. The van der Waals surface area contributed by atoms with Crippen molar-refractivity contribution in [2.24, 2.45) is 0 Å². The van der Waals surface area contributed by atoms with Crippen LogP contribution in [0.1, 0.15) is 35.3 Å². The Labute approximate surface area is 134 Å². The number of hydrogen-bond acceptors (Lipinski definition) is 6. The van der Waals surface area contributed by atoms with E-state index in [2.05, 4.69) is 14.9 Å². The molecule has 6 nitrogen and oxygen atoms in total. The van der Waals surface area contributed by atoms with Gasteiger partial charge in [-0.3, -0.25) is 0 Å². The molecule has 0 radical (unpaired) electrons. The van der Waals surface area contributed by atoms with E-state index in [1.165, 1.54) is 18.4 Å². The summed E-state index contributed by atoms with van der Waals surface area (Å²) in [5.41, 5.74) is 0.846. The first-order valence-electron chi connectivity index (χ1n) is 6.80. The molecule has 0 amide bonds. The fraction of sp³-hybridized carbons (Fsp3) is 0.429. The molecule has 0 saturated heterocycles. The van der Waals surface area contributed by atoms with Gasteiger partial charge in [0, 0.05) is 5.92 Å². The van der Waals surface area contributed by atoms with Crippen LogP contribution >= 0.6 is 11.3 Å². The van der Waals surface area contributed by atoms with Crippen molar-refractivity contribution in [3.8, 4) is 5.75 Å². The predicted molar refractivity (Wildman–Crippen MR) is 85.8 cm³/mol. The van der Waals surface area contributed by atoms with E-state index in [-0.39, 0.29) is 17.4 Å². The third-order valence-corrected chi connectivity index (χ3v) is 5.64. The van der Waals surface area contributed by atoms with Gasteiger partial charge in [0.2, 0.25) is 10.0 Å². The average molecular weight is 341 g/mol. The quantitative estimate of drug-likeness (QED) is 0.873. The summed E-state index contributed by atoms with van der Waals surface area (Å²) < 4.78 is 32.6. The average Bonchev–Trinajstić information content (AvgIpc) is 2.94. The number of nitrogens with zero attached hydrogens (tertiary/aromatic N) is 2. The zero-order valence-corrected chi connectivity index (χ0v) is 14.6. The Morgan fingerprint density at radius 1 is 1.32 bits per heavy atom. The highest BCUT2D eigenvalue weighted by molar-refractivity contribution is 7.89. The molecule has 1 aromatic carbocycles. The number of benzene rings is 1. The molecule has 0 saturated carbocycles. The van der Waals surface area contributed by atoms with Crippen LogP contribution in [0.5, 0.6) is 5.75 Å². The van der Waals surface area contributed by atoms with Crippen molar-refractivity contribution in [1.29, 1.82) is 0 Å². The highest BCUT2D eigenvalue weighted by Gasteiger charge is 2.20. The fourth-order valence-electron chi connectivity index (χ4n) is 1.80. The second kappa shape index (κ2) is 6.72. The van der Waals surface area contributed by atoms with Crippen molar-refractivity contribution < 1.29 is 13.2 Å². The van der Waals surface area contributed by atoms with Crippen molar-refractivity contribution in [2.45, 2.75) is 38.1 Å². The van der Waals surface area contributed by atoms with Gasteiger partial charge in [0.1, 0.15) is 20.7 Å². The molecule has 0 bridgehead atoms. The first-order valence-corrected chi connectivity index (χ1v) is 9.10. The minimum atomic E-state index is -3.67. The van der Waals surface area contributed by atoms with Crippen LogP contribution in [0.4, 0.5) is 0 Å². The summed E-state index contributed by atoms with van der Waals surface area (Å²) in [5.74, 6) is 0.595. The summed E-state index contributed by atoms with van der Waals surface area (Å²) >= 11 is 1.41. The SMILES string of the molecule is COc1ccc(C)cc1S(=O)(=O)NCc1nnc(C(C)C)s1. The van der Waals surface area contributed by atoms with Crippen molar-refractivity contribution in [3.63, 3.8) is 0 Å². The molecule has 0 unspecified atom stereocenters. The first kappa shape index (κ1) is 16.9. The van der Waals surface area contributed by atoms with Gasteiger partial charge in [-0.1, -0.05) is 31.3 Å². The summed E-state index contributed by atoms with van der Waals surface area (Å²) in [6, 6.07) is 5.03. The minimum absolute atomic E-state index is 0.115. The zero-order chi connectivity index (χ0) is 16.3. The van der Waals surface area contributed by atoms with Crippen LogP contribution in [0.3, 0.4) is 0 Å². The molecule has 0 aliphatic heterocycles. The van der Waals surface area contributed by atoms with E-state index in [0.29, 0.717) is 10.8 Å². The summed E-state index contributed by atoms with van der Waals surface area (Å²) in [5, 5.41) is 9.58. The smallest absolute Gasteiger partial charge is 0.244 e. The van der Waals surface area contributed by atoms with Crippen molar-refractivity contribution in [2.75, 3.05) is 7.11 Å². The van der Waals surface area contributed by atoms with Crippen LogP contribution in [0.2, 0.25) is 0 Å². The summed E-state index contributed by atoms with van der Waals surface area (Å²) in [6.07, 6.45) is 0. The fourth-order valence-corrected chi connectivity index (χ4v) is 3.92. The van der Waals surface area contributed by atoms with E-state index in [1.54, 1.807) is 18.2 Å². The standard InChI is InChI=1S/C14H19N3O3S2/c1-9(2)14-17-16-13(21-14)8-15-22(18,19)12-7-10(3)5-6-11(12)20-4/h5-7,9,15H,8H2,1-4H3. The molecule has 0 atom stereocenters. The van der Waals surface area contributed by atoms with E-state index in [1.807, 2.05) is 20.8 Å². The lowest BCUT2D eigenvalue weighted by Gasteiger charge is -2.10. The topological polar surface area (TPSA) is 81.2 Å². The van der Waals surface area contributed by atoms with Crippen LogP contribution in [0, 0.1) is 6.92 Å². The molecule has 1 heterocycles. The summed E-state index contributed by atoms with van der Waals surface area (Å²) in [6.45, 7) is 5.99. The van der Waals surface area contributed by atoms with E-state index in [0.717, 1.165) is 10.6 Å². The van der Waals surface area contributed by atoms with Crippen LogP contribution in [0.25, 0.3) is 0 Å². The van der Waals surface area contributed by atoms with Crippen LogP contribution < -0.4 is 9.46 Å². The molecule has 120 valence electrons. The van der Waals surface area contributed by atoms with Crippen LogP contribution in [-0.4, -0.2) is 25.7 Å². The van der Waals surface area contributed by atoms with Crippen molar-refractivity contribution >= 4 is 21.4 Å². The Bertz CT molecular complexity index is 754. The lowest BCUT2D eigenvalue weighted by atomic mass is 10.2. The minimum Gasteiger partial charge on any atom is -0.495 e. The Balaban J connectivity index is 2.19. The molecule has 0 aliphatic rings. The second-order valence-corrected chi connectivity index (χ2v) is 8.00. The molecule has 0 fully saturated rings. The molecule has 1 N–H and O–H groups in total. The summed E-state index contributed by atoms with van der Waals surface area (Å²) in [7, 11) is -2.22. The Morgan fingerprint density at radius 2 is 2.05 bits per heavy atom. The molecule has 22 heavy (non-hydrogen) atoms. The maximum absolute atomic E-state index is 12.4. The predicted octanol–water partition coefficient (Wildman–Crippen LogP) is 2.46. The molecule has 1 aromatic heterocycles. The second-order valence-electron chi connectivity index (χ2n) is 5.17. The van der Waals surface area contributed by atoms with Gasteiger partial charge in [0.15, 0.2) is 0 Å². The Kier molecular flexibility index (Phi) is 5.15. The largest absolute Gasteiger partial charge is 0.495 e. The number of hydrogen-bond donors (Lipinski definition) is 1. The van der Waals surface area contributed by atoms with Gasteiger partial charge in [-0.25, -0.2) is 13.1 Å². The van der Waals surface area contributed by atoms with E-state index < -0.39 is 10.0 Å². The van der Waals surface area contributed by atoms with Gasteiger partial charge >= 0.3 is 0 Å². The van der Waals surface area contributed by atoms with E-state index >= 15 is 0 Å². The molecule has 0 aliphatic carbocycles. The number of aryl methyl sites for hydroxylation is 1. The number of nitrogens with one attached hydrogen (secondary N) is 1. The van der Waals surface area contributed by atoms with E-state index in [9.17, 15) is 8.42 Å². The maximum Gasteiger partial charge on any atom is 0.244 e. The van der Waals surface area contributed by atoms with Gasteiger partial charge in [0.25, 0.3) is 0 Å². The van der Waals surface area contributed by atoms with Gasteiger partial charge < -0.3 is 4.74 Å². The lowest BCUT2D eigenvalue weighted by Crippen LogP contribution is -2.23. The number of sulfonamides is 1. The molecular weight excluding hydrogens is 322 g/mol. The van der Waals surface area contributed by atoms with Gasteiger partial charge in [-0.2, -0.15) is 0 Å². The zero-order valence-electron chi connectivity index (χ0n) is 13.0. The summed E-state index contributed by atoms with van der Waals surface area (Å²) in [4.78, 5) is 0.128. The highest BCUT2D eigenvalue weighted by Crippen LogP contribution is 2.25. The molecular formula is C14H19N3O3S2. The Morgan fingerprint density at radius 3 is 2.64 bits per heavy atom. The third-order valence-electron chi connectivity index (χ3n) is 3.00. The van der Waals surface area contributed by atoms with Gasteiger partial charge in [-0.15, -0.1) is 10.2 Å². The van der Waals surface area contributed by atoms with Crippen LogP contribution in [0.15, 0.2) is 23.1 Å². The number of aromatic nitrogens is 2.